The number of nitrogens with two attached hydrogens (primary N) is 1. The highest BCUT2D eigenvalue weighted by Crippen LogP contribution is 2.30. The molecule has 1 rings (SSSR count). The molecule has 2 nitrogen and oxygen atoms in total. The number of hydrogen-bond donors (Lipinski definition) is 1. The van der Waals surface area contributed by atoms with Crippen molar-refractivity contribution in [2.45, 2.75) is 0 Å². The Labute approximate surface area is 84.2 Å². The van der Waals surface area contributed by atoms with Crippen LogP contribution < -0.4 is 5.73 Å². The minimum Gasteiger partial charge on any atom is -0.366 e. The first-order valence-corrected chi connectivity index (χ1v) is 4.10. The van der Waals surface area contributed by atoms with Crippen LogP contribution in [0, 0.1) is 0 Å². The fourth-order valence-electron chi connectivity index (χ4n) is 0.753. The highest BCUT2D eigenvalue weighted by atomic mass is 35.5. The minimum absolute atomic E-state index is 0.0610. The van der Waals surface area contributed by atoms with Crippen LogP contribution in [0.15, 0.2) is 12.1 Å². The maximum Gasteiger partial charge on any atom is 0.251 e. The summed E-state index contributed by atoms with van der Waals surface area (Å²) in [7, 11) is 0. The number of hydrogen-bond acceptors (Lipinski definition) is 1. The Morgan fingerprint density at radius 3 is 2.08 bits per heavy atom. The van der Waals surface area contributed by atoms with Crippen LogP contribution in [0.25, 0.3) is 0 Å². The summed E-state index contributed by atoms with van der Waals surface area (Å²) < 4.78 is 0. The average Bonchev–Trinajstić information content (AvgIpc) is 1.97. The molecule has 0 fully saturated rings. The third-order valence-corrected chi connectivity index (χ3v) is 2.41. The standard InChI is InChI=1S/C7H4Cl3NO/c8-3-1-2-4(9)6(10)5(3)7(11)12/h1-2H,(H2,11,12). The SMILES string of the molecule is NC(=O)c1c(Cl)ccc(Cl)c1Cl. The molecule has 0 aliphatic rings. The van der Waals surface area contributed by atoms with Gasteiger partial charge in [-0.15, -0.1) is 0 Å². The second-order valence-corrected chi connectivity index (χ2v) is 3.27. The normalized spacial score (nSPS) is 9.92. The lowest BCUT2D eigenvalue weighted by Crippen LogP contribution is -2.12. The molecule has 0 saturated heterocycles. The zero-order valence-electron chi connectivity index (χ0n) is 5.77. The van der Waals surface area contributed by atoms with Gasteiger partial charge in [0.2, 0.25) is 0 Å². The predicted octanol–water partition coefficient (Wildman–Crippen LogP) is 2.75. The largest absolute Gasteiger partial charge is 0.366 e. The fraction of sp³-hybridized carbons (Fsp3) is 0. The van der Waals surface area contributed by atoms with Crippen molar-refractivity contribution in [1.82, 2.24) is 0 Å². The topological polar surface area (TPSA) is 43.1 Å². The van der Waals surface area contributed by atoms with Crippen molar-refractivity contribution in [2.24, 2.45) is 5.73 Å². The molecule has 64 valence electrons. The molecule has 2 N–H and O–H groups in total. The molecule has 1 aromatic rings. The smallest absolute Gasteiger partial charge is 0.251 e. The zero-order chi connectivity index (χ0) is 9.30. The van der Waals surface area contributed by atoms with Gasteiger partial charge in [-0.2, -0.15) is 0 Å². The van der Waals surface area contributed by atoms with E-state index in [0.717, 1.165) is 0 Å². The van der Waals surface area contributed by atoms with E-state index in [1.807, 2.05) is 0 Å². The lowest BCUT2D eigenvalue weighted by atomic mass is 10.2. The van der Waals surface area contributed by atoms with Crippen LogP contribution in [0.5, 0.6) is 0 Å². The molecule has 0 heterocycles. The van der Waals surface area contributed by atoms with E-state index in [0.29, 0.717) is 0 Å². The Balaban J connectivity index is 3.43. The number of amides is 1. The van der Waals surface area contributed by atoms with Crippen molar-refractivity contribution in [3.8, 4) is 0 Å². The van der Waals surface area contributed by atoms with Gasteiger partial charge in [-0.25, -0.2) is 0 Å². The van der Waals surface area contributed by atoms with Crippen LogP contribution in [-0.4, -0.2) is 5.91 Å². The minimum atomic E-state index is -0.687. The van der Waals surface area contributed by atoms with E-state index in [1.54, 1.807) is 0 Å². The Morgan fingerprint density at radius 1 is 1.17 bits per heavy atom. The molecule has 0 atom stereocenters. The van der Waals surface area contributed by atoms with Crippen LogP contribution in [0.4, 0.5) is 0 Å². The lowest BCUT2D eigenvalue weighted by Gasteiger charge is -2.03. The quantitative estimate of drug-likeness (QED) is 0.732. The van der Waals surface area contributed by atoms with Gasteiger partial charge in [-0.3, -0.25) is 4.79 Å². The molecule has 0 aromatic heterocycles. The summed E-state index contributed by atoms with van der Waals surface area (Å²) in [6.45, 7) is 0. The van der Waals surface area contributed by atoms with E-state index in [-0.39, 0.29) is 20.6 Å². The summed E-state index contributed by atoms with van der Waals surface area (Å²) in [4.78, 5) is 10.8. The van der Waals surface area contributed by atoms with Gasteiger partial charge in [0.1, 0.15) is 0 Å². The first-order valence-electron chi connectivity index (χ1n) is 2.97. The van der Waals surface area contributed by atoms with Gasteiger partial charge in [0.15, 0.2) is 0 Å². The maximum absolute atomic E-state index is 10.8. The Bertz CT molecular complexity index is 338. The van der Waals surface area contributed by atoms with Crippen LogP contribution >= 0.6 is 34.8 Å². The summed E-state index contributed by atoms with van der Waals surface area (Å²) in [6, 6.07) is 2.97. The molecule has 0 aliphatic carbocycles. The van der Waals surface area contributed by atoms with Crippen molar-refractivity contribution in [3.63, 3.8) is 0 Å². The third-order valence-electron chi connectivity index (χ3n) is 1.29. The van der Waals surface area contributed by atoms with Gasteiger partial charge in [-0.1, -0.05) is 34.8 Å². The van der Waals surface area contributed by atoms with Crippen LogP contribution in [0.2, 0.25) is 15.1 Å². The molecule has 0 saturated carbocycles. The van der Waals surface area contributed by atoms with Crippen molar-refractivity contribution in [1.29, 1.82) is 0 Å². The summed E-state index contributed by atoms with van der Waals surface area (Å²) in [5, 5.41) is 0.559. The van der Waals surface area contributed by atoms with Crippen LogP contribution in [-0.2, 0) is 0 Å². The molecule has 12 heavy (non-hydrogen) atoms. The number of halogens is 3. The third kappa shape index (κ3) is 1.66. The molecule has 0 spiro atoms. The van der Waals surface area contributed by atoms with E-state index in [1.165, 1.54) is 12.1 Å². The van der Waals surface area contributed by atoms with E-state index < -0.39 is 5.91 Å². The van der Waals surface area contributed by atoms with Crippen molar-refractivity contribution in [2.75, 3.05) is 0 Å². The number of benzene rings is 1. The fourth-order valence-corrected chi connectivity index (χ4v) is 1.47. The number of carbonyl (C=O) groups is 1. The van der Waals surface area contributed by atoms with Gasteiger partial charge in [0.05, 0.1) is 20.6 Å². The molecule has 0 radical (unpaired) electrons. The summed E-state index contributed by atoms with van der Waals surface area (Å²) in [5.41, 5.74) is 5.08. The van der Waals surface area contributed by atoms with Crippen molar-refractivity contribution < 1.29 is 4.79 Å². The van der Waals surface area contributed by atoms with Gasteiger partial charge in [0.25, 0.3) is 5.91 Å². The Hall–Kier alpha value is -0.440. The van der Waals surface area contributed by atoms with E-state index in [9.17, 15) is 4.79 Å². The molecule has 5 heteroatoms. The second-order valence-electron chi connectivity index (χ2n) is 2.08. The van der Waals surface area contributed by atoms with Crippen molar-refractivity contribution in [3.05, 3.63) is 32.8 Å². The monoisotopic (exact) mass is 223 g/mol. The average molecular weight is 224 g/mol. The first kappa shape index (κ1) is 9.65. The van der Waals surface area contributed by atoms with E-state index >= 15 is 0 Å². The predicted molar refractivity (Wildman–Crippen MR) is 50.0 cm³/mol. The van der Waals surface area contributed by atoms with Gasteiger partial charge in [-0.05, 0) is 12.1 Å². The van der Waals surface area contributed by atoms with Crippen LogP contribution in [0.3, 0.4) is 0 Å². The molecule has 1 aromatic carbocycles. The zero-order valence-corrected chi connectivity index (χ0v) is 8.04. The van der Waals surface area contributed by atoms with Gasteiger partial charge in [0, 0.05) is 0 Å². The molecule has 0 bridgehead atoms. The molecule has 0 aliphatic heterocycles. The second kappa shape index (κ2) is 3.52. The summed E-state index contributed by atoms with van der Waals surface area (Å²) in [6.07, 6.45) is 0. The maximum atomic E-state index is 10.8. The van der Waals surface area contributed by atoms with Crippen LogP contribution in [0.1, 0.15) is 10.4 Å². The van der Waals surface area contributed by atoms with E-state index in [4.69, 9.17) is 40.5 Å². The first-order chi connectivity index (χ1) is 5.54. The Morgan fingerprint density at radius 2 is 1.67 bits per heavy atom. The van der Waals surface area contributed by atoms with Gasteiger partial charge >= 0.3 is 0 Å². The summed E-state index contributed by atoms with van der Waals surface area (Å²) in [5.74, 6) is -0.687. The van der Waals surface area contributed by atoms with Gasteiger partial charge < -0.3 is 5.73 Å². The number of rotatable bonds is 1. The van der Waals surface area contributed by atoms with E-state index in [2.05, 4.69) is 0 Å². The molecule has 1 amide bonds. The molecular formula is C7H4Cl3NO. The molecule has 0 unspecified atom stereocenters. The molecular weight excluding hydrogens is 220 g/mol. The highest BCUT2D eigenvalue weighted by molar-refractivity contribution is 6.46. The summed E-state index contributed by atoms with van der Waals surface area (Å²) >= 11 is 17.0. The number of primary amides is 1. The van der Waals surface area contributed by atoms with Crippen molar-refractivity contribution >= 4 is 40.7 Å². The highest BCUT2D eigenvalue weighted by Gasteiger charge is 2.13. The Kier molecular flexibility index (Phi) is 2.83. The lowest BCUT2D eigenvalue weighted by molar-refractivity contribution is 0.100. The number of carbonyl (C=O) groups excluding carboxylic acids is 1.